The van der Waals surface area contributed by atoms with Crippen molar-refractivity contribution in [3.05, 3.63) is 35.4 Å². The normalized spacial score (nSPS) is 10.9. The van der Waals surface area contributed by atoms with Crippen molar-refractivity contribution in [1.29, 1.82) is 0 Å². The minimum atomic E-state index is -0.00421. The lowest BCUT2D eigenvalue weighted by Crippen LogP contribution is -2.36. The fourth-order valence-corrected chi connectivity index (χ4v) is 1.82. The highest BCUT2D eigenvalue weighted by Gasteiger charge is 2.13. The van der Waals surface area contributed by atoms with Crippen molar-refractivity contribution in [3.8, 4) is 0 Å². The molecule has 0 saturated carbocycles. The van der Waals surface area contributed by atoms with E-state index < -0.39 is 0 Å². The minimum absolute atomic E-state index is 0.00421. The Bertz CT molecular complexity index is 464. The van der Waals surface area contributed by atoms with Gasteiger partial charge >= 0.3 is 0 Å². The summed E-state index contributed by atoms with van der Waals surface area (Å²) in [6, 6.07) is 7.70. The van der Waals surface area contributed by atoms with Crippen LogP contribution >= 0.6 is 0 Å². The van der Waals surface area contributed by atoms with Gasteiger partial charge in [0.1, 0.15) is 0 Å². The van der Waals surface area contributed by atoms with Crippen molar-refractivity contribution in [2.45, 2.75) is 19.8 Å². The van der Waals surface area contributed by atoms with Crippen LogP contribution in [0, 0.1) is 0 Å². The Labute approximate surface area is 121 Å². The van der Waals surface area contributed by atoms with Crippen molar-refractivity contribution >= 4 is 11.7 Å². The summed E-state index contributed by atoms with van der Waals surface area (Å²) >= 11 is 0. The van der Waals surface area contributed by atoms with Gasteiger partial charge in [0.25, 0.3) is 0 Å². The van der Waals surface area contributed by atoms with Crippen molar-refractivity contribution in [3.63, 3.8) is 0 Å². The number of Topliss-reactive ketones (excluding diaryl/α,β-unsaturated/α-hetero) is 1. The van der Waals surface area contributed by atoms with Crippen molar-refractivity contribution < 1.29 is 9.59 Å². The van der Waals surface area contributed by atoms with Gasteiger partial charge in [-0.3, -0.25) is 14.5 Å². The third kappa shape index (κ3) is 4.78. The summed E-state index contributed by atoms with van der Waals surface area (Å²) in [6.45, 7) is 4.75. The number of rotatable bonds is 6. The Morgan fingerprint density at radius 3 is 2.00 bits per heavy atom. The van der Waals surface area contributed by atoms with Gasteiger partial charge in [-0.15, -0.1) is 0 Å². The van der Waals surface area contributed by atoms with Gasteiger partial charge in [0.15, 0.2) is 5.78 Å². The topological polar surface area (TPSA) is 40.6 Å². The van der Waals surface area contributed by atoms with Crippen LogP contribution < -0.4 is 0 Å². The van der Waals surface area contributed by atoms with E-state index in [2.05, 4.69) is 13.8 Å². The molecule has 1 aromatic rings. The summed E-state index contributed by atoms with van der Waals surface area (Å²) < 4.78 is 0. The second-order valence-electron chi connectivity index (χ2n) is 5.66. The number of benzene rings is 1. The van der Waals surface area contributed by atoms with Crippen LogP contribution in [0.3, 0.4) is 0 Å². The van der Waals surface area contributed by atoms with Crippen molar-refractivity contribution in [2.75, 3.05) is 34.2 Å². The molecule has 1 rings (SSSR count). The van der Waals surface area contributed by atoms with Gasteiger partial charge < -0.3 is 4.90 Å². The molecular formula is C16H24N2O2. The zero-order valence-electron chi connectivity index (χ0n) is 13.0. The summed E-state index contributed by atoms with van der Waals surface area (Å²) in [5, 5.41) is 0. The fraction of sp³-hybridized carbons (Fsp3) is 0.500. The van der Waals surface area contributed by atoms with Gasteiger partial charge in [0.2, 0.25) is 5.91 Å². The van der Waals surface area contributed by atoms with E-state index in [0.29, 0.717) is 11.5 Å². The molecule has 0 atom stereocenters. The maximum atomic E-state index is 12.1. The molecule has 110 valence electrons. The second kappa shape index (κ2) is 7.20. The van der Waals surface area contributed by atoms with E-state index in [9.17, 15) is 9.59 Å². The Balaban J connectivity index is 2.60. The average molecular weight is 276 g/mol. The molecule has 0 radical (unpaired) electrons. The molecule has 0 aliphatic heterocycles. The number of carbonyl (C=O) groups is 2. The first-order chi connectivity index (χ1) is 9.31. The highest BCUT2D eigenvalue weighted by molar-refractivity contribution is 5.97. The number of carbonyl (C=O) groups excluding carboxylic acids is 2. The van der Waals surface area contributed by atoms with Gasteiger partial charge in [-0.2, -0.15) is 0 Å². The molecule has 0 saturated heterocycles. The standard InChI is InChI=1S/C16H24N2O2/c1-12(2)13-6-8-14(9-7-13)15(19)10-18(5)11-16(20)17(3)4/h6-9,12H,10-11H2,1-5H3. The monoisotopic (exact) mass is 276 g/mol. The quantitative estimate of drug-likeness (QED) is 0.746. The highest BCUT2D eigenvalue weighted by Crippen LogP contribution is 2.15. The van der Waals surface area contributed by atoms with E-state index in [1.54, 1.807) is 26.0 Å². The van der Waals surface area contributed by atoms with Crippen LogP contribution in [0.1, 0.15) is 35.7 Å². The van der Waals surface area contributed by atoms with E-state index >= 15 is 0 Å². The number of amides is 1. The van der Waals surface area contributed by atoms with E-state index in [4.69, 9.17) is 0 Å². The van der Waals surface area contributed by atoms with Crippen LogP contribution in [0.4, 0.5) is 0 Å². The number of hydrogen-bond acceptors (Lipinski definition) is 3. The molecule has 20 heavy (non-hydrogen) atoms. The lowest BCUT2D eigenvalue weighted by Gasteiger charge is -2.18. The lowest BCUT2D eigenvalue weighted by molar-refractivity contribution is -0.129. The Hall–Kier alpha value is -1.68. The minimum Gasteiger partial charge on any atom is -0.348 e. The SMILES string of the molecule is CC(C)c1ccc(C(=O)CN(C)CC(=O)N(C)C)cc1. The number of hydrogen-bond donors (Lipinski definition) is 0. The van der Waals surface area contributed by atoms with Crippen LogP contribution in [0.5, 0.6) is 0 Å². The zero-order valence-corrected chi connectivity index (χ0v) is 13.0. The van der Waals surface area contributed by atoms with Crippen molar-refractivity contribution in [2.24, 2.45) is 0 Å². The van der Waals surface area contributed by atoms with Gasteiger partial charge in [-0.05, 0) is 18.5 Å². The summed E-state index contributed by atoms with van der Waals surface area (Å²) in [5.74, 6) is 0.490. The number of ketones is 1. The molecule has 4 heteroatoms. The molecule has 4 nitrogen and oxygen atoms in total. The van der Waals surface area contributed by atoms with Crippen LogP contribution in [0.15, 0.2) is 24.3 Å². The number of likely N-dealkylation sites (N-methyl/N-ethyl adjacent to an activating group) is 2. The number of nitrogens with zero attached hydrogens (tertiary/aromatic N) is 2. The highest BCUT2D eigenvalue weighted by atomic mass is 16.2. The fourth-order valence-electron chi connectivity index (χ4n) is 1.82. The molecule has 0 spiro atoms. The molecule has 0 fully saturated rings. The first-order valence-electron chi connectivity index (χ1n) is 6.83. The Morgan fingerprint density at radius 2 is 1.55 bits per heavy atom. The molecule has 0 N–H and O–H groups in total. The molecule has 0 aliphatic rings. The third-order valence-electron chi connectivity index (χ3n) is 3.22. The van der Waals surface area contributed by atoms with Crippen LogP contribution in [-0.2, 0) is 4.79 Å². The molecule has 0 aromatic heterocycles. The van der Waals surface area contributed by atoms with Gasteiger partial charge in [0, 0.05) is 19.7 Å². The summed E-state index contributed by atoms with van der Waals surface area (Å²) in [5.41, 5.74) is 1.91. The first-order valence-corrected chi connectivity index (χ1v) is 6.83. The van der Waals surface area contributed by atoms with Gasteiger partial charge in [-0.25, -0.2) is 0 Å². The summed E-state index contributed by atoms with van der Waals surface area (Å²) in [7, 11) is 5.20. The summed E-state index contributed by atoms with van der Waals surface area (Å²) in [6.07, 6.45) is 0. The van der Waals surface area contributed by atoms with E-state index in [-0.39, 0.29) is 24.8 Å². The molecule has 0 heterocycles. The molecule has 0 unspecified atom stereocenters. The largest absolute Gasteiger partial charge is 0.348 e. The van der Waals surface area contributed by atoms with Crippen LogP contribution in [-0.4, -0.2) is 55.7 Å². The predicted molar refractivity (Wildman–Crippen MR) is 81.1 cm³/mol. The Morgan fingerprint density at radius 1 is 1.00 bits per heavy atom. The van der Waals surface area contributed by atoms with Crippen molar-refractivity contribution in [1.82, 2.24) is 9.80 Å². The molecule has 0 bridgehead atoms. The smallest absolute Gasteiger partial charge is 0.236 e. The maximum absolute atomic E-state index is 12.1. The summed E-state index contributed by atoms with van der Waals surface area (Å²) in [4.78, 5) is 26.9. The first kappa shape index (κ1) is 16.4. The molecule has 1 aromatic carbocycles. The zero-order chi connectivity index (χ0) is 15.3. The Kier molecular flexibility index (Phi) is 5.89. The van der Waals surface area contributed by atoms with E-state index in [1.807, 2.05) is 24.3 Å². The second-order valence-corrected chi connectivity index (χ2v) is 5.66. The lowest BCUT2D eigenvalue weighted by atomic mass is 10.0. The third-order valence-corrected chi connectivity index (χ3v) is 3.22. The van der Waals surface area contributed by atoms with E-state index in [0.717, 1.165) is 0 Å². The molecule has 1 amide bonds. The maximum Gasteiger partial charge on any atom is 0.236 e. The van der Waals surface area contributed by atoms with Gasteiger partial charge in [-0.1, -0.05) is 38.1 Å². The van der Waals surface area contributed by atoms with E-state index in [1.165, 1.54) is 10.5 Å². The van der Waals surface area contributed by atoms with Crippen LogP contribution in [0.25, 0.3) is 0 Å². The molecule has 0 aliphatic carbocycles. The average Bonchev–Trinajstić information content (AvgIpc) is 2.38. The predicted octanol–water partition coefficient (Wildman–Crippen LogP) is 2.01. The van der Waals surface area contributed by atoms with Crippen LogP contribution in [0.2, 0.25) is 0 Å². The molecular weight excluding hydrogens is 252 g/mol. The van der Waals surface area contributed by atoms with Gasteiger partial charge in [0.05, 0.1) is 13.1 Å².